The number of aliphatic carboxylic acids is 2. The number of H-pyrrole nitrogens is 1. The number of rotatable bonds is 6. The molecule has 2 unspecified atom stereocenters. The molecule has 0 amide bonds. The molecule has 5 heterocycles. The van der Waals surface area contributed by atoms with Crippen molar-refractivity contribution in [3.05, 3.63) is 79.9 Å². The van der Waals surface area contributed by atoms with Crippen LogP contribution < -0.4 is 16.0 Å². The van der Waals surface area contributed by atoms with Crippen LogP contribution in [0.1, 0.15) is 52.0 Å². The highest BCUT2D eigenvalue weighted by molar-refractivity contribution is 6.21. The number of hydrogen-bond donors (Lipinski definition) is 4. The van der Waals surface area contributed by atoms with Gasteiger partial charge in [0.05, 0.1) is 28.9 Å². The van der Waals surface area contributed by atoms with Gasteiger partial charge in [-0.1, -0.05) is 0 Å². The Morgan fingerprint density at radius 1 is 0.947 bits per heavy atom. The van der Waals surface area contributed by atoms with Gasteiger partial charge >= 0.3 is 11.9 Å². The van der Waals surface area contributed by atoms with Gasteiger partial charge in [0.25, 0.3) is 0 Å². The number of hydrogen-bond acceptors (Lipinski definition) is 5. The van der Waals surface area contributed by atoms with E-state index in [2.05, 4.69) is 29.4 Å². The molecule has 4 aliphatic rings. The summed E-state index contributed by atoms with van der Waals surface area (Å²) in [4.78, 5) is 36.1. The first-order valence-electron chi connectivity index (χ1n) is 12.9. The lowest BCUT2D eigenvalue weighted by atomic mass is 9.89. The van der Waals surface area contributed by atoms with Crippen LogP contribution in [0.4, 0.5) is 0 Å². The van der Waals surface area contributed by atoms with Crippen molar-refractivity contribution in [2.24, 2.45) is 15.9 Å². The Labute approximate surface area is 221 Å². The summed E-state index contributed by atoms with van der Waals surface area (Å²) in [5.74, 6) is -1.72. The van der Waals surface area contributed by atoms with Crippen LogP contribution in [0.15, 0.2) is 73.7 Å². The highest BCUT2D eigenvalue weighted by Gasteiger charge is 2.32. The molecule has 1 aromatic rings. The fourth-order valence-corrected chi connectivity index (χ4v) is 5.51. The summed E-state index contributed by atoms with van der Waals surface area (Å²) in [6, 6.07) is 1.92. The van der Waals surface area contributed by atoms with Crippen LogP contribution in [-0.2, 0) is 9.59 Å². The Bertz CT molecular complexity index is 1590. The minimum Gasteiger partial charge on any atom is -0.481 e. The Kier molecular flexibility index (Phi) is 6.65. The van der Waals surface area contributed by atoms with Crippen molar-refractivity contribution in [3.63, 3.8) is 0 Å². The van der Waals surface area contributed by atoms with E-state index >= 15 is 0 Å². The maximum absolute atomic E-state index is 11.4. The average molecular weight is 513 g/mol. The number of aryl methyl sites for hydroxylation is 1. The molecule has 8 nitrogen and oxygen atoms in total. The second-order valence-corrected chi connectivity index (χ2v) is 10.4. The van der Waals surface area contributed by atoms with Gasteiger partial charge in [0.1, 0.15) is 0 Å². The largest absolute Gasteiger partial charge is 0.481 e. The maximum atomic E-state index is 11.4. The predicted octanol–water partition coefficient (Wildman–Crippen LogP) is 3.43. The molecule has 0 aliphatic carbocycles. The minimum absolute atomic E-state index is 0.00467. The Morgan fingerprint density at radius 3 is 2.45 bits per heavy atom. The van der Waals surface area contributed by atoms with Gasteiger partial charge in [-0.3, -0.25) is 9.59 Å². The normalized spacial score (nSPS) is 22.2. The van der Waals surface area contributed by atoms with Crippen molar-refractivity contribution in [1.29, 1.82) is 0 Å². The van der Waals surface area contributed by atoms with Crippen molar-refractivity contribution >= 4 is 35.5 Å². The molecular formula is C30H32N4O4. The molecule has 0 spiro atoms. The van der Waals surface area contributed by atoms with Crippen LogP contribution in [0.3, 0.4) is 0 Å². The van der Waals surface area contributed by atoms with Gasteiger partial charge in [0.2, 0.25) is 0 Å². The molecule has 0 saturated carbocycles. The number of carboxylic acids is 2. The lowest BCUT2D eigenvalue weighted by Crippen LogP contribution is -2.28. The number of aromatic nitrogens is 1. The summed E-state index contributed by atoms with van der Waals surface area (Å²) >= 11 is 0. The highest BCUT2D eigenvalue weighted by Crippen LogP contribution is 2.36. The molecule has 5 rings (SSSR count). The number of aliphatic imine (C=N–C) groups is 2. The van der Waals surface area contributed by atoms with E-state index < -0.39 is 11.9 Å². The van der Waals surface area contributed by atoms with E-state index in [0.717, 1.165) is 67.1 Å². The van der Waals surface area contributed by atoms with Gasteiger partial charge in [-0.05, 0) is 105 Å². The third-order valence-electron chi connectivity index (χ3n) is 7.68. The van der Waals surface area contributed by atoms with Gasteiger partial charge in [0.15, 0.2) is 0 Å². The second kappa shape index (κ2) is 9.93. The van der Waals surface area contributed by atoms with E-state index in [4.69, 9.17) is 9.98 Å². The minimum atomic E-state index is -0.859. The van der Waals surface area contributed by atoms with E-state index in [1.165, 1.54) is 0 Å². The summed E-state index contributed by atoms with van der Waals surface area (Å²) in [6.45, 7) is 8.10. The van der Waals surface area contributed by atoms with Crippen LogP contribution in [0.2, 0.25) is 0 Å². The zero-order valence-corrected chi connectivity index (χ0v) is 22.1. The molecule has 2 atom stereocenters. The second-order valence-electron chi connectivity index (χ2n) is 10.4. The van der Waals surface area contributed by atoms with E-state index in [9.17, 15) is 19.8 Å². The molecule has 1 aromatic heterocycles. The monoisotopic (exact) mass is 512 g/mol. The lowest BCUT2D eigenvalue weighted by molar-refractivity contribution is -0.138. The molecule has 8 bridgehead atoms. The highest BCUT2D eigenvalue weighted by atomic mass is 16.4. The molecule has 38 heavy (non-hydrogen) atoms. The summed E-state index contributed by atoms with van der Waals surface area (Å²) in [5, 5.41) is 24.3. The van der Waals surface area contributed by atoms with Crippen molar-refractivity contribution in [3.8, 4) is 0 Å². The Hall–Kier alpha value is -4.20. The van der Waals surface area contributed by atoms with E-state index in [-0.39, 0.29) is 24.8 Å². The number of carbonyl (C=O) groups is 2. The van der Waals surface area contributed by atoms with Crippen LogP contribution in [0.5, 0.6) is 0 Å². The molecule has 0 radical (unpaired) electrons. The fourth-order valence-electron chi connectivity index (χ4n) is 5.51. The zero-order chi connectivity index (χ0) is 27.1. The summed E-state index contributed by atoms with van der Waals surface area (Å²) in [6.07, 6.45) is 11.1. The quantitative estimate of drug-likeness (QED) is 0.465. The summed E-state index contributed by atoms with van der Waals surface area (Å²) in [7, 11) is 0. The first kappa shape index (κ1) is 25.4. The van der Waals surface area contributed by atoms with Crippen LogP contribution >= 0.6 is 0 Å². The van der Waals surface area contributed by atoms with E-state index in [0.29, 0.717) is 12.8 Å². The van der Waals surface area contributed by atoms with Crippen molar-refractivity contribution < 1.29 is 19.8 Å². The number of allylic oxidation sites excluding steroid dienone is 6. The number of aromatic amines is 1. The molecule has 0 aromatic carbocycles. The van der Waals surface area contributed by atoms with Crippen molar-refractivity contribution in [2.45, 2.75) is 59.4 Å². The first-order valence-corrected chi connectivity index (χ1v) is 12.9. The Balaban J connectivity index is 1.70. The molecule has 0 saturated heterocycles. The van der Waals surface area contributed by atoms with Crippen molar-refractivity contribution in [1.82, 2.24) is 10.3 Å². The van der Waals surface area contributed by atoms with Gasteiger partial charge in [-0.25, -0.2) is 9.98 Å². The SMILES string of the molecule is CC1=CC2=NC1=CC1=NC(=CC3NC(=C(C)C3CCC(=O)O)C=c3cc(C)c([nH]3)=C2)C(CCC(=O)O)=C1C. The molecular weight excluding hydrogens is 480 g/mol. The van der Waals surface area contributed by atoms with E-state index in [1.807, 2.05) is 45.1 Å². The molecule has 196 valence electrons. The van der Waals surface area contributed by atoms with Gasteiger partial charge < -0.3 is 20.5 Å². The lowest BCUT2D eigenvalue weighted by Gasteiger charge is -2.19. The van der Waals surface area contributed by atoms with Crippen LogP contribution in [0, 0.1) is 12.8 Å². The van der Waals surface area contributed by atoms with E-state index in [1.54, 1.807) is 0 Å². The smallest absolute Gasteiger partial charge is 0.303 e. The molecule has 8 heteroatoms. The zero-order valence-electron chi connectivity index (χ0n) is 22.1. The molecule has 0 fully saturated rings. The third kappa shape index (κ3) is 4.98. The fraction of sp³-hybridized carbons (Fsp3) is 0.333. The standard InChI is InChI=1S/C30H32N4O4/c1-15-9-20-12-25-17(3)21(5-7-29(35)36)27(33-25)14-28-22(6-8-30(37)38)18(4)26(34-28)13-24-16(2)10-19(32-24)11-23(15)31-20/h9-14,21,27,31,33H,5-8H2,1-4H3,(H,35,36)(H,37,38). The molecule has 4 N–H and O–H groups in total. The Morgan fingerprint density at radius 2 is 1.71 bits per heavy atom. The first-order chi connectivity index (χ1) is 18.1. The summed E-state index contributed by atoms with van der Waals surface area (Å²) in [5.41, 5.74) is 9.21. The number of nitrogens with one attached hydrogen (secondary N) is 2. The van der Waals surface area contributed by atoms with Gasteiger partial charge in [-0.15, -0.1) is 0 Å². The number of carboxylic acid groups (broad SMARTS) is 2. The van der Waals surface area contributed by atoms with Crippen LogP contribution in [-0.4, -0.2) is 44.6 Å². The van der Waals surface area contributed by atoms with Crippen LogP contribution in [0.25, 0.3) is 12.2 Å². The average Bonchev–Trinajstić information content (AvgIpc) is 3.53. The third-order valence-corrected chi connectivity index (χ3v) is 7.68. The number of fused-ring (bicyclic) bond motifs is 6. The van der Waals surface area contributed by atoms with Gasteiger partial charge in [-0.2, -0.15) is 0 Å². The summed E-state index contributed by atoms with van der Waals surface area (Å²) < 4.78 is 0. The number of nitrogens with zero attached hydrogens (tertiary/aromatic N) is 2. The molecule has 4 aliphatic heterocycles. The van der Waals surface area contributed by atoms with Gasteiger partial charge in [0, 0.05) is 35.2 Å². The van der Waals surface area contributed by atoms with Crippen molar-refractivity contribution in [2.75, 3.05) is 0 Å². The maximum Gasteiger partial charge on any atom is 0.303 e. The predicted molar refractivity (Wildman–Crippen MR) is 148 cm³/mol. The topological polar surface area (TPSA) is 127 Å².